The summed E-state index contributed by atoms with van der Waals surface area (Å²) in [5.41, 5.74) is 1.59. The van der Waals surface area contributed by atoms with E-state index >= 15 is 0 Å². The van der Waals surface area contributed by atoms with Crippen LogP contribution in [0, 0.1) is 23.2 Å². The van der Waals surface area contributed by atoms with Crippen LogP contribution in [-0.2, 0) is 4.79 Å². The summed E-state index contributed by atoms with van der Waals surface area (Å²) in [5, 5.41) is 6.03. The number of hydrogen-bond donors (Lipinski definition) is 2. The van der Waals surface area contributed by atoms with E-state index in [0.717, 1.165) is 17.8 Å². The van der Waals surface area contributed by atoms with Gasteiger partial charge >= 0.3 is 0 Å². The van der Waals surface area contributed by atoms with E-state index in [2.05, 4.69) is 17.6 Å². The second-order valence-electron chi connectivity index (χ2n) is 8.74. The van der Waals surface area contributed by atoms with E-state index in [1.807, 2.05) is 12.1 Å². The summed E-state index contributed by atoms with van der Waals surface area (Å²) >= 11 is 0. The van der Waals surface area contributed by atoms with Crippen LogP contribution in [-0.4, -0.2) is 17.9 Å². The highest BCUT2D eigenvalue weighted by atomic mass is 16.2. The molecule has 4 heteroatoms. The Morgan fingerprint density at radius 2 is 1.68 bits per heavy atom. The number of anilines is 1. The summed E-state index contributed by atoms with van der Waals surface area (Å²) in [5.74, 6) is 2.49. The molecule has 0 unspecified atom stereocenters. The van der Waals surface area contributed by atoms with Crippen molar-refractivity contribution < 1.29 is 9.59 Å². The van der Waals surface area contributed by atoms with Gasteiger partial charge in [0.05, 0.1) is 0 Å². The largest absolute Gasteiger partial charge is 0.349 e. The molecule has 4 saturated carbocycles. The molecular weight excluding hydrogens is 312 g/mol. The zero-order chi connectivity index (χ0) is 17.6. The lowest BCUT2D eigenvalue weighted by molar-refractivity contribution is -0.114. The maximum Gasteiger partial charge on any atom is 0.251 e. The van der Waals surface area contributed by atoms with Crippen molar-refractivity contribution in [2.75, 3.05) is 5.32 Å². The lowest BCUT2D eigenvalue weighted by Gasteiger charge is -2.59. The van der Waals surface area contributed by atoms with Gasteiger partial charge in [-0.2, -0.15) is 0 Å². The van der Waals surface area contributed by atoms with Crippen LogP contribution in [0.4, 0.5) is 5.69 Å². The highest BCUT2D eigenvalue weighted by Gasteiger charge is 2.53. The van der Waals surface area contributed by atoms with Gasteiger partial charge in [0.25, 0.3) is 5.91 Å². The lowest BCUT2D eigenvalue weighted by atomic mass is 9.48. The molecule has 5 rings (SSSR count). The quantitative estimate of drug-likeness (QED) is 0.871. The molecule has 2 amide bonds. The maximum atomic E-state index is 12.8. The van der Waals surface area contributed by atoms with E-state index in [9.17, 15) is 9.59 Å². The van der Waals surface area contributed by atoms with E-state index in [1.54, 1.807) is 12.1 Å². The van der Waals surface area contributed by atoms with Gasteiger partial charge in [-0.3, -0.25) is 9.59 Å². The molecule has 0 radical (unpaired) electrons. The predicted molar refractivity (Wildman–Crippen MR) is 98.3 cm³/mol. The number of nitrogens with one attached hydrogen (secondary N) is 2. The Balaban J connectivity index is 1.47. The molecule has 4 aliphatic carbocycles. The van der Waals surface area contributed by atoms with Crippen molar-refractivity contribution in [1.29, 1.82) is 0 Å². The van der Waals surface area contributed by atoms with Gasteiger partial charge in [-0.05, 0) is 86.8 Å². The van der Waals surface area contributed by atoms with Gasteiger partial charge in [0, 0.05) is 24.2 Å². The second kappa shape index (κ2) is 6.15. The van der Waals surface area contributed by atoms with E-state index in [0.29, 0.717) is 16.7 Å². The fourth-order valence-electron chi connectivity index (χ4n) is 6.08. The van der Waals surface area contributed by atoms with Gasteiger partial charge in [-0.15, -0.1) is 0 Å². The minimum atomic E-state index is -0.125. The van der Waals surface area contributed by atoms with Crippen LogP contribution in [0.2, 0.25) is 0 Å². The van der Waals surface area contributed by atoms with Gasteiger partial charge in [0.1, 0.15) is 0 Å². The highest BCUT2D eigenvalue weighted by Crippen LogP contribution is 2.61. The minimum absolute atomic E-state index is 0.0320. The number of carbonyl (C=O) groups is 2. The molecule has 2 N–H and O–H groups in total. The Labute approximate surface area is 149 Å². The van der Waals surface area contributed by atoms with Crippen molar-refractivity contribution in [3.63, 3.8) is 0 Å². The third-order valence-electron chi connectivity index (χ3n) is 6.80. The first-order chi connectivity index (χ1) is 11.9. The molecule has 4 aliphatic rings. The first-order valence-corrected chi connectivity index (χ1v) is 9.62. The van der Waals surface area contributed by atoms with Gasteiger partial charge < -0.3 is 10.6 Å². The molecule has 4 nitrogen and oxygen atoms in total. The smallest absolute Gasteiger partial charge is 0.251 e. The van der Waals surface area contributed by atoms with Crippen LogP contribution in [0.5, 0.6) is 0 Å². The summed E-state index contributed by atoms with van der Waals surface area (Å²) < 4.78 is 0. The molecular formula is C21H28N2O2. The third kappa shape index (κ3) is 3.19. The zero-order valence-corrected chi connectivity index (χ0v) is 15.2. The molecule has 0 aliphatic heterocycles. The molecule has 1 aromatic rings. The Morgan fingerprint density at radius 3 is 2.24 bits per heavy atom. The third-order valence-corrected chi connectivity index (χ3v) is 6.80. The molecule has 0 saturated heterocycles. The zero-order valence-electron chi connectivity index (χ0n) is 15.2. The topological polar surface area (TPSA) is 58.2 Å². The van der Waals surface area contributed by atoms with E-state index in [4.69, 9.17) is 0 Å². The standard InChI is InChI=1S/C21H28N2O2/c1-13(21-10-15-6-16(11-21)8-17(7-15)12-21)22-20(25)18-4-3-5-19(9-18)23-14(2)24/h3-5,9,13,15-17H,6-8,10-12H2,1-2H3,(H,22,25)(H,23,24)/t13-,15?,16?,17?,21?/m1/s1. The SMILES string of the molecule is CC(=O)Nc1cccc(C(=O)N[C@H](C)C23CC4CC(CC(C4)C2)C3)c1. The molecule has 25 heavy (non-hydrogen) atoms. The van der Waals surface area contributed by atoms with Crippen molar-refractivity contribution >= 4 is 17.5 Å². The summed E-state index contributed by atoms with van der Waals surface area (Å²) in [6.45, 7) is 3.67. The highest BCUT2D eigenvalue weighted by molar-refractivity contribution is 5.97. The average molecular weight is 340 g/mol. The Kier molecular flexibility index (Phi) is 4.09. The number of benzene rings is 1. The Morgan fingerprint density at radius 1 is 1.08 bits per heavy atom. The average Bonchev–Trinajstić information content (AvgIpc) is 2.53. The van der Waals surface area contributed by atoms with E-state index in [1.165, 1.54) is 45.4 Å². The first-order valence-electron chi connectivity index (χ1n) is 9.62. The van der Waals surface area contributed by atoms with Gasteiger partial charge in [-0.1, -0.05) is 6.07 Å². The number of carbonyl (C=O) groups excluding carboxylic acids is 2. The molecule has 1 aromatic carbocycles. The summed E-state index contributed by atoms with van der Waals surface area (Å²) in [4.78, 5) is 24.0. The number of amides is 2. The van der Waals surface area contributed by atoms with E-state index < -0.39 is 0 Å². The predicted octanol–water partition coefficient (Wildman–Crippen LogP) is 3.98. The van der Waals surface area contributed by atoms with Crippen LogP contribution in [0.15, 0.2) is 24.3 Å². The molecule has 0 aromatic heterocycles. The fraction of sp³-hybridized carbons (Fsp3) is 0.619. The van der Waals surface area contributed by atoms with E-state index in [-0.39, 0.29) is 17.9 Å². The molecule has 0 heterocycles. The number of rotatable bonds is 4. The fourth-order valence-corrected chi connectivity index (χ4v) is 6.08. The first kappa shape index (κ1) is 16.6. The summed E-state index contributed by atoms with van der Waals surface area (Å²) in [6.07, 6.45) is 8.10. The summed E-state index contributed by atoms with van der Waals surface area (Å²) in [6, 6.07) is 7.39. The molecule has 1 atom stereocenters. The van der Waals surface area contributed by atoms with Gasteiger partial charge in [0.2, 0.25) is 5.91 Å². The molecule has 4 fully saturated rings. The second-order valence-corrected chi connectivity index (χ2v) is 8.74. The Hall–Kier alpha value is -1.84. The van der Waals surface area contributed by atoms with Crippen molar-refractivity contribution in [2.45, 2.75) is 58.4 Å². The van der Waals surface area contributed by atoms with Gasteiger partial charge in [-0.25, -0.2) is 0 Å². The van der Waals surface area contributed by atoms with Crippen LogP contribution in [0.25, 0.3) is 0 Å². The molecule has 134 valence electrons. The molecule has 0 spiro atoms. The monoisotopic (exact) mass is 340 g/mol. The van der Waals surface area contributed by atoms with Crippen LogP contribution >= 0.6 is 0 Å². The Bertz CT molecular complexity index is 662. The van der Waals surface area contributed by atoms with Gasteiger partial charge in [0.15, 0.2) is 0 Å². The van der Waals surface area contributed by atoms with Crippen molar-refractivity contribution in [1.82, 2.24) is 5.32 Å². The molecule has 4 bridgehead atoms. The minimum Gasteiger partial charge on any atom is -0.349 e. The summed E-state index contributed by atoms with van der Waals surface area (Å²) in [7, 11) is 0. The maximum absolute atomic E-state index is 12.8. The number of hydrogen-bond acceptors (Lipinski definition) is 2. The van der Waals surface area contributed by atoms with Crippen molar-refractivity contribution in [3.8, 4) is 0 Å². The van der Waals surface area contributed by atoms with Crippen molar-refractivity contribution in [3.05, 3.63) is 29.8 Å². The van der Waals surface area contributed by atoms with Crippen LogP contribution < -0.4 is 10.6 Å². The van der Waals surface area contributed by atoms with Crippen LogP contribution in [0.3, 0.4) is 0 Å². The normalized spacial score (nSPS) is 33.8. The van der Waals surface area contributed by atoms with Crippen LogP contribution in [0.1, 0.15) is 62.7 Å². The van der Waals surface area contributed by atoms with Crippen molar-refractivity contribution in [2.24, 2.45) is 23.2 Å². The lowest BCUT2D eigenvalue weighted by Crippen LogP contribution is -2.55.